The predicted octanol–water partition coefficient (Wildman–Crippen LogP) is 3.15. The lowest BCUT2D eigenvalue weighted by atomic mass is 10.3. The number of benzene rings is 1. The Labute approximate surface area is 172 Å². The minimum atomic E-state index is -0.709. The number of carbonyl (C=O) groups excluding carboxylic acids is 1. The van der Waals surface area contributed by atoms with Crippen LogP contribution < -0.4 is 15.5 Å². The van der Waals surface area contributed by atoms with Gasteiger partial charge in [-0.1, -0.05) is 6.07 Å². The first-order valence-electron chi connectivity index (χ1n) is 9.79. The van der Waals surface area contributed by atoms with Crippen LogP contribution in [-0.2, 0) is 13.1 Å². The maximum atomic E-state index is 13.8. The van der Waals surface area contributed by atoms with Crippen LogP contribution in [0.25, 0.3) is 5.69 Å². The van der Waals surface area contributed by atoms with E-state index in [1.807, 2.05) is 12.1 Å². The third-order valence-electron chi connectivity index (χ3n) is 4.94. The maximum Gasteiger partial charge on any atom is 0.315 e. The molecule has 4 rings (SSSR count). The zero-order valence-electron chi connectivity index (χ0n) is 16.3. The highest BCUT2D eigenvalue weighted by molar-refractivity contribution is 5.73. The molecule has 3 heterocycles. The van der Waals surface area contributed by atoms with Gasteiger partial charge in [-0.15, -0.1) is 0 Å². The Balaban J connectivity index is 1.25. The SMILES string of the molecule is O=C(NCc1ccc(N2CCCC2)nc1)NCc1cnn(-c2ccc(F)cc2F)c1. The fourth-order valence-corrected chi connectivity index (χ4v) is 3.33. The molecule has 7 nitrogen and oxygen atoms in total. The van der Waals surface area contributed by atoms with Gasteiger partial charge in [0, 0.05) is 50.2 Å². The van der Waals surface area contributed by atoms with Crippen LogP contribution in [0.2, 0.25) is 0 Å². The average molecular weight is 412 g/mol. The predicted molar refractivity (Wildman–Crippen MR) is 108 cm³/mol. The number of aromatic nitrogens is 3. The molecule has 9 heteroatoms. The zero-order chi connectivity index (χ0) is 20.9. The van der Waals surface area contributed by atoms with Gasteiger partial charge in [0.25, 0.3) is 0 Å². The molecule has 3 aromatic rings. The summed E-state index contributed by atoms with van der Waals surface area (Å²) in [6, 6.07) is 6.88. The van der Waals surface area contributed by atoms with Crippen molar-refractivity contribution in [1.82, 2.24) is 25.4 Å². The fraction of sp³-hybridized carbons (Fsp3) is 0.286. The van der Waals surface area contributed by atoms with Gasteiger partial charge in [0.2, 0.25) is 0 Å². The molecule has 156 valence electrons. The summed E-state index contributed by atoms with van der Waals surface area (Å²) in [6.45, 7) is 2.66. The quantitative estimate of drug-likeness (QED) is 0.652. The molecule has 1 fully saturated rings. The van der Waals surface area contributed by atoms with E-state index in [1.54, 1.807) is 12.4 Å². The molecule has 30 heavy (non-hydrogen) atoms. The van der Waals surface area contributed by atoms with Gasteiger partial charge in [-0.05, 0) is 36.6 Å². The normalized spacial score (nSPS) is 13.5. The van der Waals surface area contributed by atoms with E-state index < -0.39 is 11.6 Å². The summed E-state index contributed by atoms with van der Waals surface area (Å²) in [5, 5.41) is 9.57. The molecule has 1 saturated heterocycles. The number of urea groups is 1. The van der Waals surface area contributed by atoms with E-state index >= 15 is 0 Å². The molecule has 1 aliphatic rings. The topological polar surface area (TPSA) is 75.1 Å². The van der Waals surface area contributed by atoms with Gasteiger partial charge in [-0.25, -0.2) is 23.2 Å². The maximum absolute atomic E-state index is 13.8. The zero-order valence-corrected chi connectivity index (χ0v) is 16.3. The van der Waals surface area contributed by atoms with Gasteiger partial charge in [0.15, 0.2) is 5.82 Å². The number of amides is 2. The van der Waals surface area contributed by atoms with Crippen molar-refractivity contribution >= 4 is 11.8 Å². The number of halogens is 2. The molecule has 1 aliphatic heterocycles. The van der Waals surface area contributed by atoms with E-state index in [0.717, 1.165) is 36.6 Å². The summed E-state index contributed by atoms with van der Waals surface area (Å²) in [6.07, 6.45) is 7.27. The number of carbonyl (C=O) groups is 1. The lowest BCUT2D eigenvalue weighted by Crippen LogP contribution is -2.34. The van der Waals surface area contributed by atoms with Gasteiger partial charge >= 0.3 is 6.03 Å². The van der Waals surface area contributed by atoms with Crippen molar-refractivity contribution in [3.63, 3.8) is 0 Å². The van der Waals surface area contributed by atoms with E-state index in [1.165, 1.54) is 29.8 Å². The Bertz CT molecular complexity index is 1010. The molecular formula is C21H22F2N6O. The van der Waals surface area contributed by atoms with E-state index in [-0.39, 0.29) is 18.3 Å². The monoisotopic (exact) mass is 412 g/mol. The number of hydrogen-bond donors (Lipinski definition) is 2. The van der Waals surface area contributed by atoms with E-state index in [2.05, 4.69) is 25.6 Å². The number of nitrogens with zero attached hydrogens (tertiary/aromatic N) is 4. The molecule has 2 N–H and O–H groups in total. The molecule has 0 saturated carbocycles. The lowest BCUT2D eigenvalue weighted by molar-refractivity contribution is 0.240. The summed E-state index contributed by atoms with van der Waals surface area (Å²) in [4.78, 5) is 18.8. The average Bonchev–Trinajstić information content (AvgIpc) is 3.43. The van der Waals surface area contributed by atoms with Gasteiger partial charge in [-0.3, -0.25) is 0 Å². The number of nitrogens with one attached hydrogen (secondary N) is 2. The molecule has 0 unspecified atom stereocenters. The molecule has 2 aromatic heterocycles. The Morgan fingerprint density at radius 1 is 1.00 bits per heavy atom. The molecule has 0 radical (unpaired) electrons. The third-order valence-corrected chi connectivity index (χ3v) is 4.94. The highest BCUT2D eigenvalue weighted by Gasteiger charge is 2.13. The number of hydrogen-bond acceptors (Lipinski definition) is 4. The van der Waals surface area contributed by atoms with Crippen LogP contribution >= 0.6 is 0 Å². The van der Waals surface area contributed by atoms with Crippen molar-refractivity contribution in [2.24, 2.45) is 0 Å². The molecule has 0 spiro atoms. The highest BCUT2D eigenvalue weighted by Crippen LogP contribution is 2.17. The van der Waals surface area contributed by atoms with E-state index in [0.29, 0.717) is 12.1 Å². The Kier molecular flexibility index (Phi) is 5.87. The van der Waals surface area contributed by atoms with Crippen molar-refractivity contribution < 1.29 is 13.6 Å². The van der Waals surface area contributed by atoms with Crippen LogP contribution in [-0.4, -0.2) is 33.9 Å². The number of rotatable bonds is 6. The minimum absolute atomic E-state index is 0.136. The summed E-state index contributed by atoms with van der Waals surface area (Å²) in [5.74, 6) is -0.391. The summed E-state index contributed by atoms with van der Waals surface area (Å²) in [5.41, 5.74) is 1.73. The third kappa shape index (κ3) is 4.73. The van der Waals surface area contributed by atoms with Gasteiger partial charge in [0.1, 0.15) is 17.3 Å². The van der Waals surface area contributed by atoms with Gasteiger partial charge in [-0.2, -0.15) is 5.10 Å². The number of anilines is 1. The van der Waals surface area contributed by atoms with Gasteiger partial charge < -0.3 is 15.5 Å². The van der Waals surface area contributed by atoms with Crippen LogP contribution in [0.3, 0.4) is 0 Å². The molecular weight excluding hydrogens is 390 g/mol. The Morgan fingerprint density at radius 3 is 2.47 bits per heavy atom. The summed E-state index contributed by atoms with van der Waals surface area (Å²) in [7, 11) is 0. The first-order valence-corrected chi connectivity index (χ1v) is 9.79. The van der Waals surface area contributed by atoms with E-state index in [9.17, 15) is 13.6 Å². The van der Waals surface area contributed by atoms with Crippen LogP contribution in [0, 0.1) is 11.6 Å². The first-order chi connectivity index (χ1) is 14.6. The van der Waals surface area contributed by atoms with Crippen molar-refractivity contribution in [2.75, 3.05) is 18.0 Å². The smallest absolute Gasteiger partial charge is 0.315 e. The van der Waals surface area contributed by atoms with Crippen molar-refractivity contribution in [2.45, 2.75) is 25.9 Å². The molecule has 0 aliphatic carbocycles. The van der Waals surface area contributed by atoms with E-state index in [4.69, 9.17) is 0 Å². The van der Waals surface area contributed by atoms with Crippen LogP contribution in [0.15, 0.2) is 48.9 Å². The van der Waals surface area contributed by atoms with Crippen LogP contribution in [0.4, 0.5) is 19.4 Å². The second-order valence-corrected chi connectivity index (χ2v) is 7.14. The minimum Gasteiger partial charge on any atom is -0.357 e. The Hall–Kier alpha value is -3.49. The molecule has 2 amide bonds. The van der Waals surface area contributed by atoms with Crippen molar-refractivity contribution in [1.29, 1.82) is 0 Å². The second kappa shape index (κ2) is 8.89. The molecule has 0 bridgehead atoms. The standard InChI is InChI=1S/C21H22F2N6O/c22-17-4-5-19(18(23)9-17)29-14-16(13-27-29)12-26-21(30)25-11-15-3-6-20(24-10-15)28-7-1-2-8-28/h3-6,9-10,13-14H,1-2,7-8,11-12H2,(H2,25,26,30). The molecule has 1 aromatic carbocycles. The first kappa shape index (κ1) is 19.8. The largest absolute Gasteiger partial charge is 0.357 e. The highest BCUT2D eigenvalue weighted by atomic mass is 19.1. The Morgan fingerprint density at radius 2 is 1.77 bits per heavy atom. The van der Waals surface area contributed by atoms with Gasteiger partial charge in [0.05, 0.1) is 6.20 Å². The fourth-order valence-electron chi connectivity index (χ4n) is 3.33. The molecule has 0 atom stereocenters. The van der Waals surface area contributed by atoms with Crippen LogP contribution in [0.5, 0.6) is 0 Å². The number of pyridine rings is 1. The summed E-state index contributed by atoms with van der Waals surface area (Å²) >= 11 is 0. The van der Waals surface area contributed by atoms with Crippen molar-refractivity contribution in [3.05, 3.63) is 71.7 Å². The lowest BCUT2D eigenvalue weighted by Gasteiger charge is -2.16. The summed E-state index contributed by atoms with van der Waals surface area (Å²) < 4.78 is 28.2. The second-order valence-electron chi connectivity index (χ2n) is 7.14. The van der Waals surface area contributed by atoms with Crippen molar-refractivity contribution in [3.8, 4) is 5.69 Å². The van der Waals surface area contributed by atoms with Crippen LogP contribution in [0.1, 0.15) is 24.0 Å².